The van der Waals surface area contributed by atoms with E-state index in [1.165, 1.54) is 11.3 Å². The van der Waals surface area contributed by atoms with Crippen molar-refractivity contribution in [3.63, 3.8) is 0 Å². The van der Waals surface area contributed by atoms with Gasteiger partial charge in [-0.05, 0) is 30.7 Å². The second-order valence-corrected chi connectivity index (χ2v) is 5.66. The van der Waals surface area contributed by atoms with E-state index < -0.39 is 0 Å². The van der Waals surface area contributed by atoms with Crippen molar-refractivity contribution >= 4 is 33.8 Å². The molecule has 0 atom stereocenters. The fourth-order valence-electron chi connectivity index (χ4n) is 1.76. The zero-order chi connectivity index (χ0) is 13.2. The van der Waals surface area contributed by atoms with Crippen LogP contribution < -0.4 is 4.74 Å². The van der Waals surface area contributed by atoms with Crippen LogP contribution in [0.1, 0.15) is 10.7 Å². The van der Waals surface area contributed by atoms with Crippen molar-refractivity contribution < 1.29 is 4.74 Å². The van der Waals surface area contributed by atoms with Crippen LogP contribution in [0.5, 0.6) is 5.75 Å². The maximum Gasteiger partial charge on any atom is 0.207 e. The Hall–Kier alpha value is -1.72. The van der Waals surface area contributed by atoms with Crippen molar-refractivity contribution in [2.45, 2.75) is 13.5 Å². The first kappa shape index (κ1) is 12.3. The Bertz CT molecular complexity index is 729. The summed E-state index contributed by atoms with van der Waals surface area (Å²) < 4.78 is 6.18. The molecule has 0 fully saturated rings. The van der Waals surface area contributed by atoms with Crippen molar-refractivity contribution in [2.75, 3.05) is 0 Å². The highest BCUT2D eigenvalue weighted by Crippen LogP contribution is 2.25. The molecule has 3 rings (SSSR count). The number of aromatic nitrogens is 3. The lowest BCUT2D eigenvalue weighted by Gasteiger charge is -2.07. The Morgan fingerprint density at radius 2 is 2.11 bits per heavy atom. The minimum Gasteiger partial charge on any atom is -0.484 e. The second kappa shape index (κ2) is 5.11. The molecule has 0 unspecified atom stereocenters. The third-order valence-electron chi connectivity index (χ3n) is 2.62. The smallest absolute Gasteiger partial charge is 0.207 e. The molecule has 3 aromatic rings. The van der Waals surface area contributed by atoms with Crippen LogP contribution in [0, 0.1) is 6.92 Å². The number of halogens is 1. The third-order valence-corrected chi connectivity index (χ3v) is 3.61. The summed E-state index contributed by atoms with van der Waals surface area (Å²) in [6.45, 7) is 2.31. The standard InChI is InChI=1S/C13H10ClN3OS/c1-8-5-6-9-3-2-4-10(12(9)15-8)18-7-11-16-17-13(14)19-11/h2-6H,7H2,1H3. The van der Waals surface area contributed by atoms with E-state index in [1.54, 1.807) is 0 Å². The van der Waals surface area contributed by atoms with Crippen LogP contribution >= 0.6 is 22.9 Å². The summed E-state index contributed by atoms with van der Waals surface area (Å²) >= 11 is 7.05. The van der Waals surface area contributed by atoms with Gasteiger partial charge >= 0.3 is 0 Å². The number of nitrogens with zero attached hydrogens (tertiary/aromatic N) is 3. The van der Waals surface area contributed by atoms with Gasteiger partial charge in [-0.3, -0.25) is 0 Å². The van der Waals surface area contributed by atoms with Gasteiger partial charge in [-0.1, -0.05) is 29.5 Å². The summed E-state index contributed by atoms with van der Waals surface area (Å²) in [5.41, 5.74) is 1.82. The molecule has 1 aromatic carbocycles. The molecule has 0 bridgehead atoms. The summed E-state index contributed by atoms with van der Waals surface area (Å²) in [7, 11) is 0. The molecule has 2 heterocycles. The van der Waals surface area contributed by atoms with Crippen LogP contribution in [-0.4, -0.2) is 15.2 Å². The number of benzene rings is 1. The Balaban J connectivity index is 1.90. The van der Waals surface area contributed by atoms with E-state index in [-0.39, 0.29) is 0 Å². The average molecular weight is 292 g/mol. The first-order valence-electron chi connectivity index (χ1n) is 5.69. The van der Waals surface area contributed by atoms with Gasteiger partial charge in [0.1, 0.15) is 17.9 Å². The van der Waals surface area contributed by atoms with Crippen molar-refractivity contribution in [1.82, 2.24) is 15.2 Å². The van der Waals surface area contributed by atoms with Gasteiger partial charge < -0.3 is 4.74 Å². The summed E-state index contributed by atoms with van der Waals surface area (Å²) in [4.78, 5) is 4.51. The molecule has 2 aromatic heterocycles. The van der Waals surface area contributed by atoms with Crippen molar-refractivity contribution in [1.29, 1.82) is 0 Å². The van der Waals surface area contributed by atoms with Crippen LogP contribution in [0.4, 0.5) is 0 Å². The number of ether oxygens (including phenoxy) is 1. The molecule has 0 aliphatic heterocycles. The Morgan fingerprint density at radius 1 is 1.21 bits per heavy atom. The maximum atomic E-state index is 5.76. The number of fused-ring (bicyclic) bond motifs is 1. The number of hydrogen-bond acceptors (Lipinski definition) is 5. The van der Waals surface area contributed by atoms with Gasteiger partial charge in [-0.2, -0.15) is 0 Å². The highest BCUT2D eigenvalue weighted by molar-refractivity contribution is 7.15. The van der Waals surface area contributed by atoms with Gasteiger partial charge in [-0.15, -0.1) is 10.2 Å². The molecule has 0 aliphatic carbocycles. The molecule has 0 amide bonds. The summed E-state index contributed by atoms with van der Waals surface area (Å²) in [6, 6.07) is 9.87. The largest absolute Gasteiger partial charge is 0.484 e. The maximum absolute atomic E-state index is 5.76. The molecule has 0 N–H and O–H groups in total. The van der Waals surface area contributed by atoms with Crippen LogP contribution in [0.15, 0.2) is 30.3 Å². The van der Waals surface area contributed by atoms with Gasteiger partial charge in [0.25, 0.3) is 0 Å². The molecule has 19 heavy (non-hydrogen) atoms. The van der Waals surface area contributed by atoms with Crippen LogP contribution in [0.3, 0.4) is 0 Å². The van der Waals surface area contributed by atoms with Crippen LogP contribution in [0.2, 0.25) is 4.47 Å². The number of rotatable bonds is 3. The van der Waals surface area contributed by atoms with Crippen LogP contribution in [-0.2, 0) is 6.61 Å². The van der Waals surface area contributed by atoms with Gasteiger partial charge in [0.2, 0.25) is 4.47 Å². The van der Waals surface area contributed by atoms with E-state index >= 15 is 0 Å². The number of para-hydroxylation sites is 1. The SMILES string of the molecule is Cc1ccc2cccc(OCc3nnc(Cl)s3)c2n1. The average Bonchev–Trinajstić information content (AvgIpc) is 2.82. The number of hydrogen-bond donors (Lipinski definition) is 0. The molecule has 0 spiro atoms. The summed E-state index contributed by atoms with van der Waals surface area (Å²) in [5, 5.41) is 9.46. The van der Waals surface area contributed by atoms with E-state index in [2.05, 4.69) is 15.2 Å². The first-order chi connectivity index (χ1) is 9.22. The highest BCUT2D eigenvalue weighted by atomic mass is 35.5. The molecular weight excluding hydrogens is 282 g/mol. The van der Waals surface area contributed by atoms with E-state index in [1.807, 2.05) is 37.3 Å². The van der Waals surface area contributed by atoms with Crippen LogP contribution in [0.25, 0.3) is 10.9 Å². The molecule has 0 radical (unpaired) electrons. The zero-order valence-corrected chi connectivity index (χ0v) is 11.7. The van der Waals surface area contributed by atoms with Crippen molar-refractivity contribution in [2.24, 2.45) is 0 Å². The molecule has 0 saturated heterocycles. The monoisotopic (exact) mass is 291 g/mol. The van der Waals surface area contributed by atoms with Crippen molar-refractivity contribution in [3.05, 3.63) is 45.5 Å². The Kier molecular flexibility index (Phi) is 3.31. The Morgan fingerprint density at radius 3 is 2.89 bits per heavy atom. The lowest BCUT2D eigenvalue weighted by atomic mass is 10.2. The lowest BCUT2D eigenvalue weighted by Crippen LogP contribution is -1.96. The normalized spacial score (nSPS) is 10.8. The predicted molar refractivity (Wildman–Crippen MR) is 75.7 cm³/mol. The van der Waals surface area contributed by atoms with Gasteiger partial charge in [0.05, 0.1) is 0 Å². The lowest BCUT2D eigenvalue weighted by molar-refractivity contribution is 0.307. The quantitative estimate of drug-likeness (QED) is 0.739. The minimum atomic E-state index is 0.346. The van der Waals surface area contributed by atoms with E-state index in [4.69, 9.17) is 16.3 Å². The summed E-state index contributed by atoms with van der Waals surface area (Å²) in [5.74, 6) is 0.743. The fraction of sp³-hybridized carbons (Fsp3) is 0.154. The Labute approximate surface area is 119 Å². The highest BCUT2D eigenvalue weighted by Gasteiger charge is 2.06. The summed E-state index contributed by atoms with van der Waals surface area (Å²) in [6.07, 6.45) is 0. The number of aryl methyl sites for hydroxylation is 1. The second-order valence-electron chi connectivity index (χ2n) is 4.02. The molecule has 6 heteroatoms. The van der Waals surface area contributed by atoms with Gasteiger partial charge in [-0.25, -0.2) is 4.98 Å². The number of pyridine rings is 1. The van der Waals surface area contributed by atoms with E-state index in [0.717, 1.165) is 27.4 Å². The van der Waals surface area contributed by atoms with Gasteiger partial charge in [0.15, 0.2) is 5.01 Å². The topological polar surface area (TPSA) is 47.9 Å². The zero-order valence-electron chi connectivity index (χ0n) is 10.1. The van der Waals surface area contributed by atoms with Crippen molar-refractivity contribution in [3.8, 4) is 5.75 Å². The molecular formula is C13H10ClN3OS. The fourth-order valence-corrected chi connectivity index (χ4v) is 2.55. The third kappa shape index (κ3) is 2.67. The molecule has 0 saturated carbocycles. The molecule has 4 nitrogen and oxygen atoms in total. The molecule has 0 aliphatic rings. The minimum absolute atomic E-state index is 0.346. The van der Waals surface area contributed by atoms with Gasteiger partial charge in [0, 0.05) is 11.1 Å². The van der Waals surface area contributed by atoms with E-state index in [9.17, 15) is 0 Å². The van der Waals surface area contributed by atoms with E-state index in [0.29, 0.717) is 11.1 Å². The predicted octanol–water partition coefficient (Wildman–Crippen LogP) is 3.63. The first-order valence-corrected chi connectivity index (χ1v) is 6.89. The molecule has 96 valence electrons.